The van der Waals surface area contributed by atoms with Crippen molar-refractivity contribution in [2.75, 3.05) is 18.6 Å². The molecule has 202 valence electrons. The highest BCUT2D eigenvalue weighted by Crippen LogP contribution is 2.33. The van der Waals surface area contributed by atoms with Crippen LogP contribution in [0.25, 0.3) is 11.5 Å². The zero-order chi connectivity index (χ0) is 28.2. The molecule has 0 saturated carbocycles. The Bertz CT molecular complexity index is 1600. The van der Waals surface area contributed by atoms with E-state index in [-0.39, 0.29) is 17.1 Å². The van der Waals surface area contributed by atoms with Crippen molar-refractivity contribution in [3.8, 4) is 17.2 Å². The minimum absolute atomic E-state index is 0.0498. The van der Waals surface area contributed by atoms with Crippen LogP contribution in [0.4, 0.5) is 5.69 Å². The Kier molecular flexibility index (Phi) is 7.69. The van der Waals surface area contributed by atoms with Crippen molar-refractivity contribution >= 4 is 41.0 Å². The average Bonchev–Trinajstić information content (AvgIpc) is 3.53. The lowest BCUT2D eigenvalue weighted by Gasteiger charge is -2.15. The van der Waals surface area contributed by atoms with Gasteiger partial charge in [-0.3, -0.25) is 14.4 Å². The number of rotatable bonds is 9. The van der Waals surface area contributed by atoms with E-state index in [2.05, 4.69) is 15.2 Å². The molecule has 3 heterocycles. The molecule has 1 saturated heterocycles. The second-order valence-electron chi connectivity index (χ2n) is 8.66. The summed E-state index contributed by atoms with van der Waals surface area (Å²) in [6.07, 6.45) is 1.41. The number of aryl methyl sites for hydroxylation is 1. The van der Waals surface area contributed by atoms with Crippen LogP contribution in [-0.2, 0) is 14.3 Å². The number of hydrogen-bond acceptors (Lipinski definition) is 11. The average molecular weight is 559 g/mol. The number of methoxy groups -OCH3 is 1. The van der Waals surface area contributed by atoms with E-state index in [1.807, 2.05) is 6.92 Å². The number of carbonyl (C=O) groups is 4. The summed E-state index contributed by atoms with van der Waals surface area (Å²) in [6, 6.07) is 16.0. The van der Waals surface area contributed by atoms with Crippen LogP contribution in [0, 0.1) is 6.92 Å². The smallest absolute Gasteiger partial charge is 0.338 e. The maximum atomic E-state index is 13.1. The molecule has 0 radical (unpaired) electrons. The first-order chi connectivity index (χ1) is 19.3. The van der Waals surface area contributed by atoms with E-state index in [4.69, 9.17) is 13.9 Å². The summed E-state index contributed by atoms with van der Waals surface area (Å²) < 4.78 is 15.9. The molecule has 40 heavy (non-hydrogen) atoms. The summed E-state index contributed by atoms with van der Waals surface area (Å²) in [5.74, 6) is -0.348. The number of benzene rings is 2. The maximum absolute atomic E-state index is 13.1. The van der Waals surface area contributed by atoms with E-state index in [1.54, 1.807) is 36.4 Å². The number of nitrogens with zero attached hydrogens (tertiary/aromatic N) is 4. The predicted octanol–water partition coefficient (Wildman–Crippen LogP) is 3.91. The third-order valence-electron chi connectivity index (χ3n) is 5.99. The summed E-state index contributed by atoms with van der Waals surface area (Å²) in [4.78, 5) is 56.3. The Hall–Kier alpha value is -4.84. The molecule has 0 bridgehead atoms. The molecule has 1 atom stereocenters. The monoisotopic (exact) mass is 558 g/mol. The molecule has 5 rings (SSSR count). The summed E-state index contributed by atoms with van der Waals surface area (Å²) in [6.45, 7) is 1.34. The van der Waals surface area contributed by atoms with E-state index >= 15 is 0 Å². The number of esters is 1. The fourth-order valence-corrected chi connectivity index (χ4v) is 4.97. The summed E-state index contributed by atoms with van der Waals surface area (Å²) in [7, 11) is 1.45. The topological polar surface area (TPSA) is 142 Å². The van der Waals surface area contributed by atoms with Crippen molar-refractivity contribution in [1.29, 1.82) is 0 Å². The Balaban J connectivity index is 1.22. The first-order valence-corrected chi connectivity index (χ1v) is 13.0. The molecule has 2 aromatic heterocycles. The minimum atomic E-state index is -0.742. The molecule has 4 aromatic rings. The number of carbonyl (C=O) groups excluding carboxylic acids is 4. The molecule has 0 aliphatic carbocycles. The Morgan fingerprint density at radius 2 is 1.85 bits per heavy atom. The van der Waals surface area contributed by atoms with Crippen molar-refractivity contribution in [2.24, 2.45) is 0 Å². The SMILES string of the molecule is COc1ccccc1C(=O)COC(=O)c1ccc(N2C(=O)CC(Sc3nncc(-c4ccc(C)o4)n3)C2=O)cc1. The number of hydrogen-bond donors (Lipinski definition) is 0. The zero-order valence-electron chi connectivity index (χ0n) is 21.4. The van der Waals surface area contributed by atoms with E-state index in [9.17, 15) is 19.2 Å². The van der Waals surface area contributed by atoms with Gasteiger partial charge in [-0.15, -0.1) is 5.10 Å². The van der Waals surface area contributed by atoms with Gasteiger partial charge < -0.3 is 13.9 Å². The number of amides is 2. The van der Waals surface area contributed by atoms with Crippen LogP contribution in [-0.4, -0.2) is 57.7 Å². The number of anilines is 1. The molecule has 2 aromatic carbocycles. The normalized spacial score (nSPS) is 14.8. The first kappa shape index (κ1) is 26.8. The number of ether oxygens (including phenoxy) is 2. The van der Waals surface area contributed by atoms with Crippen LogP contribution in [0.2, 0.25) is 0 Å². The molecule has 0 spiro atoms. The lowest BCUT2D eigenvalue weighted by atomic mass is 10.1. The third-order valence-corrected chi connectivity index (χ3v) is 7.02. The van der Waals surface area contributed by atoms with Gasteiger partial charge in [-0.2, -0.15) is 5.10 Å². The fraction of sp³-hybridized carbons (Fsp3) is 0.179. The van der Waals surface area contributed by atoms with Gasteiger partial charge in [0, 0.05) is 6.42 Å². The Morgan fingerprint density at radius 3 is 2.58 bits per heavy atom. The van der Waals surface area contributed by atoms with Gasteiger partial charge in [0.05, 0.1) is 30.1 Å². The second-order valence-corrected chi connectivity index (χ2v) is 9.83. The van der Waals surface area contributed by atoms with Gasteiger partial charge in [0.1, 0.15) is 22.5 Å². The lowest BCUT2D eigenvalue weighted by Crippen LogP contribution is -2.31. The van der Waals surface area contributed by atoms with E-state index in [0.29, 0.717) is 28.5 Å². The molecule has 11 nitrogen and oxygen atoms in total. The van der Waals surface area contributed by atoms with Gasteiger partial charge in [-0.25, -0.2) is 14.7 Å². The summed E-state index contributed by atoms with van der Waals surface area (Å²) in [5, 5.41) is 7.41. The second kappa shape index (κ2) is 11.5. The zero-order valence-corrected chi connectivity index (χ0v) is 22.2. The number of aromatic nitrogens is 3. The Labute approximate surface area is 232 Å². The predicted molar refractivity (Wildman–Crippen MR) is 143 cm³/mol. The summed E-state index contributed by atoms with van der Waals surface area (Å²) >= 11 is 1.04. The minimum Gasteiger partial charge on any atom is -0.496 e. The number of furan rings is 1. The lowest BCUT2D eigenvalue weighted by molar-refractivity contribution is -0.121. The largest absolute Gasteiger partial charge is 0.496 e. The highest BCUT2D eigenvalue weighted by molar-refractivity contribution is 8.00. The van der Waals surface area contributed by atoms with Crippen molar-refractivity contribution in [3.63, 3.8) is 0 Å². The molecule has 1 fully saturated rings. The van der Waals surface area contributed by atoms with Gasteiger partial charge in [0.15, 0.2) is 12.4 Å². The number of imide groups is 1. The van der Waals surface area contributed by atoms with E-state index in [0.717, 1.165) is 22.4 Å². The molecule has 1 aliphatic rings. The molecule has 2 amide bonds. The molecule has 0 N–H and O–H groups in total. The van der Waals surface area contributed by atoms with Crippen molar-refractivity contribution in [2.45, 2.75) is 23.8 Å². The third kappa shape index (κ3) is 5.61. The standard InChI is InChI=1S/C28H22N4O7S/c1-16-7-12-23(39-16)20-14-29-31-28(30-20)40-24-13-25(34)32(26(24)35)18-10-8-17(9-11-18)27(36)38-15-21(33)19-5-3-4-6-22(19)37-2/h3-12,14,24H,13,15H2,1-2H3. The number of Topliss-reactive ketones (excluding diaryl/α,β-unsaturated/α-hetero) is 1. The van der Waals surface area contributed by atoms with Gasteiger partial charge in [0.25, 0.3) is 0 Å². The fourth-order valence-electron chi connectivity index (χ4n) is 4.04. The highest BCUT2D eigenvalue weighted by atomic mass is 32.2. The number of ketones is 1. The van der Waals surface area contributed by atoms with E-state index in [1.165, 1.54) is 37.6 Å². The van der Waals surface area contributed by atoms with Crippen LogP contribution in [0.3, 0.4) is 0 Å². The van der Waals surface area contributed by atoms with Crippen molar-refractivity contribution in [1.82, 2.24) is 15.2 Å². The number of para-hydroxylation sites is 1. The van der Waals surface area contributed by atoms with Crippen LogP contribution in [0.1, 0.15) is 32.9 Å². The Morgan fingerprint density at radius 1 is 1.07 bits per heavy atom. The van der Waals surface area contributed by atoms with Crippen LogP contribution < -0.4 is 9.64 Å². The van der Waals surface area contributed by atoms with E-state index < -0.39 is 35.4 Å². The summed E-state index contributed by atoms with van der Waals surface area (Å²) in [5.41, 5.74) is 1.23. The van der Waals surface area contributed by atoms with Gasteiger partial charge in [-0.05, 0) is 55.5 Å². The molecule has 1 aliphatic heterocycles. The maximum Gasteiger partial charge on any atom is 0.338 e. The van der Waals surface area contributed by atoms with Gasteiger partial charge >= 0.3 is 5.97 Å². The molecular formula is C28H22N4O7S. The van der Waals surface area contributed by atoms with Crippen LogP contribution >= 0.6 is 11.8 Å². The van der Waals surface area contributed by atoms with Crippen LogP contribution in [0.15, 0.2) is 76.4 Å². The molecular weight excluding hydrogens is 536 g/mol. The number of thioether (sulfide) groups is 1. The van der Waals surface area contributed by atoms with Crippen molar-refractivity contribution < 1.29 is 33.1 Å². The quantitative estimate of drug-likeness (QED) is 0.168. The van der Waals surface area contributed by atoms with Gasteiger partial charge in [0.2, 0.25) is 22.8 Å². The molecule has 1 unspecified atom stereocenters. The first-order valence-electron chi connectivity index (χ1n) is 12.1. The molecule has 12 heteroatoms. The van der Waals surface area contributed by atoms with Gasteiger partial charge in [-0.1, -0.05) is 23.9 Å². The van der Waals surface area contributed by atoms with Crippen LogP contribution in [0.5, 0.6) is 5.75 Å². The highest BCUT2D eigenvalue weighted by Gasteiger charge is 2.41. The van der Waals surface area contributed by atoms with Crippen molar-refractivity contribution in [3.05, 3.63) is 83.7 Å².